The Kier molecular flexibility index (Phi) is 4.73. The molecular formula is C13H12Cl2N2O3S. The van der Waals surface area contributed by atoms with Crippen molar-refractivity contribution < 1.29 is 13.5 Å². The van der Waals surface area contributed by atoms with Gasteiger partial charge < -0.3 is 5.11 Å². The van der Waals surface area contributed by atoms with E-state index in [1.54, 1.807) is 13.0 Å². The van der Waals surface area contributed by atoms with Crippen LogP contribution < -0.4 is 4.72 Å². The number of pyridine rings is 1. The summed E-state index contributed by atoms with van der Waals surface area (Å²) in [5, 5.41) is 9.31. The summed E-state index contributed by atoms with van der Waals surface area (Å²) in [6, 6.07) is 5.76. The van der Waals surface area contributed by atoms with Gasteiger partial charge in [-0.2, -0.15) is 0 Å². The lowest BCUT2D eigenvalue weighted by Crippen LogP contribution is -2.14. The van der Waals surface area contributed by atoms with Crippen molar-refractivity contribution in [2.75, 3.05) is 4.72 Å². The van der Waals surface area contributed by atoms with E-state index in [0.29, 0.717) is 11.4 Å². The number of aryl methyl sites for hydroxylation is 1. The standard InChI is InChI=1S/C13H12Cl2N2O3S/c1-8-4-11(2-3-16-8)17-21(19,20)12-6-10(14)5-9(7-18)13(12)15/h2-6,18H,7H2,1H3,(H,16,17). The van der Waals surface area contributed by atoms with E-state index in [4.69, 9.17) is 23.2 Å². The fraction of sp³-hybridized carbons (Fsp3) is 0.154. The van der Waals surface area contributed by atoms with Gasteiger partial charge in [0.05, 0.1) is 17.3 Å². The van der Waals surface area contributed by atoms with Crippen molar-refractivity contribution >= 4 is 38.9 Å². The zero-order valence-corrected chi connectivity index (χ0v) is 13.3. The summed E-state index contributed by atoms with van der Waals surface area (Å²) < 4.78 is 27.2. The Labute approximate surface area is 132 Å². The van der Waals surface area contributed by atoms with Crippen LogP contribution in [0.15, 0.2) is 35.4 Å². The fourth-order valence-corrected chi connectivity index (χ4v) is 3.72. The number of aliphatic hydroxyl groups excluding tert-OH is 1. The molecule has 0 aliphatic carbocycles. The van der Waals surface area contributed by atoms with Crippen LogP contribution in [0.1, 0.15) is 11.3 Å². The molecule has 0 aliphatic heterocycles. The van der Waals surface area contributed by atoms with Crippen LogP contribution in [-0.2, 0) is 16.6 Å². The zero-order chi connectivity index (χ0) is 15.6. The second-order valence-electron chi connectivity index (χ2n) is 4.33. The lowest BCUT2D eigenvalue weighted by Gasteiger charge is -2.12. The van der Waals surface area contributed by atoms with Crippen LogP contribution in [-0.4, -0.2) is 18.5 Å². The highest BCUT2D eigenvalue weighted by Gasteiger charge is 2.21. The van der Waals surface area contributed by atoms with E-state index >= 15 is 0 Å². The van der Waals surface area contributed by atoms with Crippen LogP contribution in [0.5, 0.6) is 0 Å². The van der Waals surface area contributed by atoms with Gasteiger partial charge in [0.1, 0.15) is 4.90 Å². The molecule has 0 saturated heterocycles. The minimum atomic E-state index is -3.92. The Hall–Kier alpha value is -1.34. The predicted molar refractivity (Wildman–Crippen MR) is 82.2 cm³/mol. The smallest absolute Gasteiger partial charge is 0.263 e. The minimum absolute atomic E-state index is 0.0554. The minimum Gasteiger partial charge on any atom is -0.392 e. The summed E-state index contributed by atoms with van der Waals surface area (Å²) in [4.78, 5) is 3.80. The van der Waals surface area contributed by atoms with Crippen LogP contribution in [0, 0.1) is 6.92 Å². The Bertz CT molecular complexity index is 779. The maximum Gasteiger partial charge on any atom is 0.263 e. The highest BCUT2D eigenvalue weighted by molar-refractivity contribution is 7.92. The molecule has 2 N–H and O–H groups in total. The Morgan fingerprint density at radius 3 is 2.62 bits per heavy atom. The van der Waals surface area contributed by atoms with Gasteiger partial charge in [0.15, 0.2) is 0 Å². The number of sulfonamides is 1. The fourth-order valence-electron chi connectivity index (χ4n) is 1.75. The molecule has 0 spiro atoms. The van der Waals surface area contributed by atoms with Crippen molar-refractivity contribution in [2.24, 2.45) is 0 Å². The van der Waals surface area contributed by atoms with Crippen molar-refractivity contribution in [3.8, 4) is 0 Å². The topological polar surface area (TPSA) is 79.3 Å². The van der Waals surface area contributed by atoms with Crippen molar-refractivity contribution in [2.45, 2.75) is 18.4 Å². The van der Waals surface area contributed by atoms with E-state index < -0.39 is 16.6 Å². The van der Waals surface area contributed by atoms with Crippen LogP contribution in [0.2, 0.25) is 10.0 Å². The van der Waals surface area contributed by atoms with E-state index in [9.17, 15) is 13.5 Å². The SMILES string of the molecule is Cc1cc(NS(=O)(=O)c2cc(Cl)cc(CO)c2Cl)ccn1. The molecule has 1 aromatic heterocycles. The summed E-state index contributed by atoms with van der Waals surface area (Å²) in [6.45, 7) is 1.34. The van der Waals surface area contributed by atoms with Gasteiger partial charge in [0.2, 0.25) is 0 Å². The van der Waals surface area contributed by atoms with Gasteiger partial charge in [-0.05, 0) is 36.8 Å². The molecule has 2 aromatic rings. The molecule has 112 valence electrons. The van der Waals surface area contributed by atoms with Crippen molar-refractivity contribution in [1.82, 2.24) is 4.98 Å². The summed E-state index contributed by atoms with van der Waals surface area (Å²) in [5.41, 5.74) is 1.28. The molecule has 0 radical (unpaired) electrons. The molecule has 0 fully saturated rings. The lowest BCUT2D eigenvalue weighted by molar-refractivity contribution is 0.281. The number of rotatable bonds is 4. The first-order valence-corrected chi connectivity index (χ1v) is 8.11. The van der Waals surface area contributed by atoms with Gasteiger partial charge in [-0.1, -0.05) is 23.2 Å². The molecule has 1 aromatic carbocycles. The van der Waals surface area contributed by atoms with Crippen LogP contribution >= 0.6 is 23.2 Å². The van der Waals surface area contributed by atoms with Crippen LogP contribution in [0.4, 0.5) is 5.69 Å². The molecule has 21 heavy (non-hydrogen) atoms. The number of hydrogen-bond acceptors (Lipinski definition) is 4. The Morgan fingerprint density at radius 2 is 2.00 bits per heavy atom. The molecule has 5 nitrogen and oxygen atoms in total. The van der Waals surface area contributed by atoms with Crippen LogP contribution in [0.25, 0.3) is 0 Å². The first-order valence-electron chi connectivity index (χ1n) is 5.88. The van der Waals surface area contributed by atoms with Crippen molar-refractivity contribution in [3.63, 3.8) is 0 Å². The number of aliphatic hydroxyl groups is 1. The quantitative estimate of drug-likeness (QED) is 0.891. The van der Waals surface area contributed by atoms with E-state index in [2.05, 4.69) is 9.71 Å². The molecule has 2 rings (SSSR count). The normalized spacial score (nSPS) is 11.4. The second-order valence-corrected chi connectivity index (χ2v) is 6.79. The number of nitrogens with one attached hydrogen (secondary N) is 1. The zero-order valence-electron chi connectivity index (χ0n) is 11.0. The van der Waals surface area contributed by atoms with Gasteiger partial charge in [-0.15, -0.1) is 0 Å². The maximum absolute atomic E-state index is 12.4. The third-order valence-corrected chi connectivity index (χ3v) is 4.87. The molecule has 0 aliphatic rings. The number of anilines is 1. The lowest BCUT2D eigenvalue weighted by atomic mass is 10.2. The predicted octanol–water partition coefficient (Wildman–Crippen LogP) is 2.99. The molecular weight excluding hydrogens is 335 g/mol. The molecule has 0 unspecified atom stereocenters. The van der Waals surface area contributed by atoms with Crippen molar-refractivity contribution in [1.29, 1.82) is 0 Å². The largest absolute Gasteiger partial charge is 0.392 e. The monoisotopic (exact) mass is 346 g/mol. The highest BCUT2D eigenvalue weighted by Crippen LogP contribution is 2.30. The number of nitrogens with zero attached hydrogens (tertiary/aromatic N) is 1. The third-order valence-electron chi connectivity index (χ3n) is 2.69. The molecule has 0 amide bonds. The molecule has 1 heterocycles. The highest BCUT2D eigenvalue weighted by atomic mass is 35.5. The van der Waals surface area contributed by atoms with Gasteiger partial charge >= 0.3 is 0 Å². The van der Waals surface area contributed by atoms with E-state index in [-0.39, 0.29) is 20.5 Å². The van der Waals surface area contributed by atoms with Gasteiger partial charge in [-0.25, -0.2) is 8.42 Å². The number of aromatic nitrogens is 1. The van der Waals surface area contributed by atoms with Gasteiger partial charge in [0.25, 0.3) is 10.0 Å². The maximum atomic E-state index is 12.4. The second kappa shape index (κ2) is 6.19. The molecule has 0 atom stereocenters. The molecule has 0 bridgehead atoms. The number of hydrogen-bond donors (Lipinski definition) is 2. The number of benzene rings is 1. The molecule has 8 heteroatoms. The summed E-state index contributed by atoms with van der Waals surface area (Å²) >= 11 is 11.9. The van der Waals surface area contributed by atoms with E-state index in [0.717, 1.165) is 0 Å². The van der Waals surface area contributed by atoms with Gasteiger partial charge in [-0.3, -0.25) is 9.71 Å². The average molecular weight is 347 g/mol. The number of halogens is 2. The third kappa shape index (κ3) is 3.65. The van der Waals surface area contributed by atoms with Crippen molar-refractivity contribution in [3.05, 3.63) is 51.8 Å². The van der Waals surface area contributed by atoms with Gasteiger partial charge in [0, 0.05) is 16.9 Å². The van der Waals surface area contributed by atoms with E-state index in [1.165, 1.54) is 24.4 Å². The molecule has 0 saturated carbocycles. The first kappa shape index (κ1) is 16.0. The first-order chi connectivity index (χ1) is 9.83. The Balaban J connectivity index is 2.47. The van der Waals surface area contributed by atoms with Crippen LogP contribution in [0.3, 0.4) is 0 Å². The summed E-state index contributed by atoms with van der Waals surface area (Å²) in [7, 11) is -3.92. The summed E-state index contributed by atoms with van der Waals surface area (Å²) in [5.74, 6) is 0. The summed E-state index contributed by atoms with van der Waals surface area (Å²) in [6.07, 6.45) is 1.49. The van der Waals surface area contributed by atoms with E-state index in [1.807, 2.05) is 0 Å². The Morgan fingerprint density at radius 1 is 1.29 bits per heavy atom. The average Bonchev–Trinajstić information content (AvgIpc) is 2.40.